The number of esters is 1. The van der Waals surface area contributed by atoms with Gasteiger partial charge in [-0.15, -0.1) is 10.2 Å². The molecule has 10 heteroatoms. The van der Waals surface area contributed by atoms with Crippen LogP contribution in [-0.2, 0) is 9.53 Å². The van der Waals surface area contributed by atoms with Crippen LogP contribution < -0.4 is 5.32 Å². The third kappa shape index (κ3) is 5.91. The molecular weight excluding hydrogens is 516 g/mol. The van der Waals surface area contributed by atoms with E-state index in [0.717, 1.165) is 21.6 Å². The van der Waals surface area contributed by atoms with Crippen LogP contribution >= 0.6 is 11.8 Å². The summed E-state index contributed by atoms with van der Waals surface area (Å²) in [6.45, 7) is 3.93. The Hall–Kier alpha value is -4.70. The number of rotatable bonds is 8. The summed E-state index contributed by atoms with van der Waals surface area (Å²) >= 11 is 1.35. The molecule has 0 saturated heterocycles. The molecule has 1 amide bonds. The molecule has 2 heterocycles. The lowest BCUT2D eigenvalue weighted by Crippen LogP contribution is -2.34. The summed E-state index contributed by atoms with van der Waals surface area (Å²) in [5, 5.41) is 11.2. The van der Waals surface area contributed by atoms with E-state index in [2.05, 4.69) is 20.5 Å². The number of oxazole rings is 1. The fraction of sp³-hybridized carbons (Fsp3) is 0.138. The second-order valence-electron chi connectivity index (χ2n) is 8.68. The number of carbonyl (C=O) groups excluding carboxylic acids is 2. The van der Waals surface area contributed by atoms with Gasteiger partial charge in [0.05, 0.1) is 7.11 Å². The van der Waals surface area contributed by atoms with Gasteiger partial charge >= 0.3 is 5.97 Å². The van der Waals surface area contributed by atoms with Crippen molar-refractivity contribution < 1.29 is 23.2 Å². The molecule has 2 aromatic heterocycles. The number of amides is 1. The van der Waals surface area contributed by atoms with Crippen molar-refractivity contribution in [2.45, 2.75) is 29.9 Å². The average molecular weight is 541 g/mol. The van der Waals surface area contributed by atoms with E-state index >= 15 is 0 Å². The van der Waals surface area contributed by atoms with Crippen LogP contribution in [0.25, 0.3) is 23.0 Å². The van der Waals surface area contributed by atoms with Crippen molar-refractivity contribution in [3.05, 3.63) is 101 Å². The van der Waals surface area contributed by atoms with Gasteiger partial charge in [0.15, 0.2) is 10.8 Å². The molecule has 0 radical (unpaired) electrons. The Morgan fingerprint density at radius 2 is 1.51 bits per heavy atom. The number of aromatic nitrogens is 3. The molecular formula is C29H24N4O5S. The number of benzene rings is 3. The number of carbonyl (C=O) groups is 2. The molecule has 196 valence electrons. The molecule has 5 rings (SSSR count). The summed E-state index contributed by atoms with van der Waals surface area (Å²) in [5.74, 6) is -0.993. The van der Waals surface area contributed by atoms with Gasteiger partial charge in [0.25, 0.3) is 17.7 Å². The number of ether oxygens (including phenoxy) is 1. The zero-order chi connectivity index (χ0) is 27.4. The standard InChI is InChI=1S/C29H24N4O5S/c1-17-9-13-19(14-10-17)24(34)30-22(28(35)36-3)26-32-33-27(37-26)23-29(39-21-15-11-18(2)12-16-21)38-25(31-23)20-7-5-4-6-8-20/h4-16,22H,1-3H3,(H,30,34). The smallest absolute Gasteiger partial charge is 0.338 e. The Bertz CT molecular complexity index is 1600. The van der Waals surface area contributed by atoms with Crippen molar-refractivity contribution in [2.75, 3.05) is 7.11 Å². The monoisotopic (exact) mass is 540 g/mol. The summed E-state index contributed by atoms with van der Waals surface area (Å²) in [7, 11) is 1.21. The molecule has 9 nitrogen and oxygen atoms in total. The van der Waals surface area contributed by atoms with Crippen molar-refractivity contribution in [3.8, 4) is 23.0 Å². The van der Waals surface area contributed by atoms with Crippen molar-refractivity contribution in [1.29, 1.82) is 0 Å². The van der Waals surface area contributed by atoms with E-state index in [-0.39, 0.29) is 11.8 Å². The second kappa shape index (κ2) is 11.4. The summed E-state index contributed by atoms with van der Waals surface area (Å²) in [4.78, 5) is 31.0. The largest absolute Gasteiger partial charge is 0.467 e. The molecule has 3 aromatic carbocycles. The Morgan fingerprint density at radius 1 is 0.846 bits per heavy atom. The van der Waals surface area contributed by atoms with Gasteiger partial charge in [0.2, 0.25) is 11.9 Å². The average Bonchev–Trinajstić information content (AvgIpc) is 3.61. The quantitative estimate of drug-likeness (QED) is 0.243. The molecule has 1 unspecified atom stereocenters. The van der Waals surface area contributed by atoms with E-state index < -0.39 is 17.9 Å². The highest BCUT2D eigenvalue weighted by molar-refractivity contribution is 7.99. The first-order valence-electron chi connectivity index (χ1n) is 12.0. The number of nitrogens with one attached hydrogen (secondary N) is 1. The van der Waals surface area contributed by atoms with Gasteiger partial charge in [-0.3, -0.25) is 4.79 Å². The predicted octanol–water partition coefficient (Wildman–Crippen LogP) is 5.80. The normalized spacial score (nSPS) is 11.7. The molecule has 0 aliphatic rings. The van der Waals surface area contributed by atoms with Crippen LogP contribution in [0.15, 0.2) is 97.7 Å². The van der Waals surface area contributed by atoms with E-state index in [9.17, 15) is 9.59 Å². The fourth-order valence-corrected chi connectivity index (χ4v) is 4.47. The first-order valence-corrected chi connectivity index (χ1v) is 12.8. The molecule has 1 atom stereocenters. The van der Waals surface area contributed by atoms with Gasteiger partial charge in [-0.1, -0.05) is 53.6 Å². The van der Waals surface area contributed by atoms with E-state index in [4.69, 9.17) is 13.6 Å². The SMILES string of the molecule is COC(=O)C(NC(=O)c1ccc(C)cc1)c1nnc(-c2nc(-c3ccccc3)oc2Sc2ccc(C)cc2)o1. The Kier molecular flexibility index (Phi) is 7.55. The third-order valence-corrected chi connectivity index (χ3v) is 6.73. The van der Waals surface area contributed by atoms with Gasteiger partial charge < -0.3 is 18.9 Å². The molecule has 39 heavy (non-hydrogen) atoms. The molecule has 0 aliphatic heterocycles. The summed E-state index contributed by atoms with van der Waals surface area (Å²) < 4.78 is 16.9. The van der Waals surface area contributed by atoms with E-state index in [1.54, 1.807) is 24.3 Å². The molecule has 0 aliphatic carbocycles. The van der Waals surface area contributed by atoms with Crippen molar-refractivity contribution in [3.63, 3.8) is 0 Å². The minimum Gasteiger partial charge on any atom is -0.467 e. The van der Waals surface area contributed by atoms with Crippen LogP contribution in [0, 0.1) is 13.8 Å². The van der Waals surface area contributed by atoms with Gasteiger partial charge in [0.1, 0.15) is 0 Å². The van der Waals surface area contributed by atoms with Gasteiger partial charge in [-0.2, -0.15) is 0 Å². The van der Waals surface area contributed by atoms with Crippen LogP contribution in [0.2, 0.25) is 0 Å². The minimum absolute atomic E-state index is 0.0315. The molecule has 0 fully saturated rings. The minimum atomic E-state index is -1.32. The Morgan fingerprint density at radius 3 is 2.18 bits per heavy atom. The maximum Gasteiger partial charge on any atom is 0.338 e. The van der Waals surface area contributed by atoms with Crippen LogP contribution in [0.3, 0.4) is 0 Å². The summed E-state index contributed by atoms with van der Waals surface area (Å²) in [6, 6.07) is 23.0. The molecule has 0 bridgehead atoms. The Labute approximate surface area is 228 Å². The highest BCUT2D eigenvalue weighted by atomic mass is 32.2. The molecule has 5 aromatic rings. The van der Waals surface area contributed by atoms with Gasteiger partial charge in [-0.05, 0) is 62.0 Å². The topological polar surface area (TPSA) is 120 Å². The van der Waals surface area contributed by atoms with E-state index in [0.29, 0.717) is 22.2 Å². The maximum atomic E-state index is 12.8. The zero-order valence-corrected chi connectivity index (χ0v) is 22.2. The van der Waals surface area contributed by atoms with Crippen LogP contribution in [0.5, 0.6) is 0 Å². The van der Waals surface area contributed by atoms with Gasteiger partial charge in [0, 0.05) is 16.0 Å². The second-order valence-corrected chi connectivity index (χ2v) is 9.72. The highest BCUT2D eigenvalue weighted by Crippen LogP contribution is 2.39. The number of methoxy groups -OCH3 is 1. The number of nitrogens with zero attached hydrogens (tertiary/aromatic N) is 3. The Balaban J connectivity index is 1.49. The van der Waals surface area contributed by atoms with Crippen molar-refractivity contribution in [1.82, 2.24) is 20.5 Å². The lowest BCUT2D eigenvalue weighted by molar-refractivity contribution is -0.143. The molecule has 0 saturated carbocycles. The fourth-order valence-electron chi connectivity index (χ4n) is 3.63. The third-order valence-electron chi connectivity index (χ3n) is 5.76. The highest BCUT2D eigenvalue weighted by Gasteiger charge is 2.31. The van der Waals surface area contributed by atoms with E-state index in [1.165, 1.54) is 18.9 Å². The van der Waals surface area contributed by atoms with Gasteiger partial charge in [-0.25, -0.2) is 9.78 Å². The number of hydrogen-bond acceptors (Lipinski definition) is 9. The predicted molar refractivity (Wildman–Crippen MR) is 144 cm³/mol. The van der Waals surface area contributed by atoms with E-state index in [1.807, 2.05) is 68.4 Å². The number of hydrogen-bond donors (Lipinski definition) is 1. The molecule has 0 spiro atoms. The van der Waals surface area contributed by atoms with Crippen molar-refractivity contribution >= 4 is 23.6 Å². The van der Waals surface area contributed by atoms with Crippen molar-refractivity contribution in [2.24, 2.45) is 0 Å². The van der Waals surface area contributed by atoms with Crippen LogP contribution in [0.1, 0.15) is 33.4 Å². The summed E-state index contributed by atoms with van der Waals surface area (Å²) in [5.41, 5.74) is 3.58. The first kappa shape index (κ1) is 25.9. The maximum absolute atomic E-state index is 12.8. The lowest BCUT2D eigenvalue weighted by Gasteiger charge is -2.13. The zero-order valence-electron chi connectivity index (χ0n) is 21.4. The van der Waals surface area contributed by atoms with Crippen LogP contribution in [-0.4, -0.2) is 34.2 Å². The lowest BCUT2D eigenvalue weighted by atomic mass is 10.1. The first-order chi connectivity index (χ1) is 18.9. The summed E-state index contributed by atoms with van der Waals surface area (Å²) in [6.07, 6.45) is 0. The molecule has 1 N–H and O–H groups in total. The number of aryl methyl sites for hydroxylation is 2. The van der Waals surface area contributed by atoms with Crippen LogP contribution in [0.4, 0.5) is 0 Å².